The Balaban J connectivity index is 2.20. The summed E-state index contributed by atoms with van der Waals surface area (Å²) in [7, 11) is 3.12. The largest absolute Gasteiger partial charge is 0.394 e. The van der Waals surface area contributed by atoms with Gasteiger partial charge in [-0.2, -0.15) is 0 Å². The van der Waals surface area contributed by atoms with Crippen molar-refractivity contribution in [2.24, 2.45) is 7.05 Å². The number of hydrogen-bond donors (Lipinski definition) is 4. The summed E-state index contributed by atoms with van der Waals surface area (Å²) in [5.41, 5.74) is 2.82. The van der Waals surface area contributed by atoms with E-state index >= 15 is 0 Å². The minimum absolute atomic E-state index is 0.0118. The van der Waals surface area contributed by atoms with E-state index in [1.807, 2.05) is 0 Å². The van der Waals surface area contributed by atoms with Crippen LogP contribution in [0.3, 0.4) is 0 Å². The third kappa shape index (κ3) is 4.06. The molecule has 0 saturated carbocycles. The maximum atomic E-state index is 14.4. The quantitative estimate of drug-likeness (QED) is 0.340. The van der Waals surface area contributed by atoms with Gasteiger partial charge in [0.15, 0.2) is 5.13 Å². The Bertz CT molecular complexity index is 1130. The van der Waals surface area contributed by atoms with Crippen LogP contribution in [0, 0.1) is 12.7 Å². The van der Waals surface area contributed by atoms with E-state index in [2.05, 4.69) is 21.1 Å². The predicted molar refractivity (Wildman–Crippen MR) is 109 cm³/mol. The lowest BCUT2D eigenvalue weighted by Crippen LogP contribution is -2.30. The minimum Gasteiger partial charge on any atom is -0.394 e. The van der Waals surface area contributed by atoms with Gasteiger partial charge in [-0.3, -0.25) is 19.0 Å². The number of aliphatic hydroxyl groups excluding tert-OH is 1. The van der Waals surface area contributed by atoms with Crippen LogP contribution < -0.4 is 21.7 Å². The number of aliphatic hydroxyl groups is 1. The van der Waals surface area contributed by atoms with Crippen molar-refractivity contribution in [1.82, 2.24) is 15.0 Å². The summed E-state index contributed by atoms with van der Waals surface area (Å²) < 4.78 is 15.9. The molecule has 1 aromatic carbocycles. The molecule has 0 bridgehead atoms. The van der Waals surface area contributed by atoms with E-state index in [1.165, 1.54) is 23.7 Å². The number of aryl methyl sites for hydroxylation is 1. The van der Waals surface area contributed by atoms with Crippen molar-refractivity contribution in [1.29, 1.82) is 0 Å². The molecule has 0 aliphatic rings. The first-order valence-electron chi connectivity index (χ1n) is 8.64. The molecule has 29 heavy (non-hydrogen) atoms. The van der Waals surface area contributed by atoms with Gasteiger partial charge in [0.25, 0.3) is 11.5 Å². The molecule has 0 saturated heterocycles. The number of thiazole rings is 1. The number of rotatable bonds is 7. The molecule has 0 atom stereocenters. The third-order valence-corrected chi connectivity index (χ3v) is 5.17. The molecule has 0 spiro atoms. The molecule has 2 aromatic heterocycles. The van der Waals surface area contributed by atoms with Crippen LogP contribution in [0.15, 0.2) is 23.0 Å². The van der Waals surface area contributed by atoms with Crippen LogP contribution in [0.5, 0.6) is 0 Å². The number of nitrogens with one attached hydrogen (secondary N) is 3. The maximum Gasteiger partial charge on any atom is 0.280 e. The Hall–Kier alpha value is -3.02. The zero-order valence-corrected chi connectivity index (χ0v) is 16.8. The Morgan fingerprint density at radius 1 is 1.41 bits per heavy atom. The number of fused-ring (bicyclic) bond motifs is 1. The van der Waals surface area contributed by atoms with E-state index in [0.29, 0.717) is 5.13 Å². The Morgan fingerprint density at radius 2 is 2.17 bits per heavy atom. The standard InChI is InChI=1S/C18H20FN5O4S/c1-9-4-5-11(10(19)8-9)21-15-12(16(26)23-28-7-6-25)13-14(17(27)24(15)3)29-18(20-2)22-13/h4-5,8,21,25H,6-7H2,1-3H3,(H,20,22)(H,23,26). The topological polar surface area (TPSA) is 118 Å². The molecule has 2 heterocycles. The molecular weight excluding hydrogens is 401 g/mol. The average molecular weight is 421 g/mol. The van der Waals surface area contributed by atoms with Crippen LogP contribution in [0.1, 0.15) is 15.9 Å². The second-order valence-electron chi connectivity index (χ2n) is 6.15. The van der Waals surface area contributed by atoms with Crippen LogP contribution in [0.25, 0.3) is 10.2 Å². The zero-order chi connectivity index (χ0) is 21.1. The van der Waals surface area contributed by atoms with Gasteiger partial charge in [-0.15, -0.1) is 0 Å². The number of benzene rings is 1. The number of amides is 1. The first-order chi connectivity index (χ1) is 13.9. The molecule has 1 amide bonds. The SMILES string of the molecule is CNc1nc2c(C(=O)NOCCO)c(Nc3ccc(C)cc3F)n(C)c(=O)c2s1. The minimum atomic E-state index is -0.693. The van der Waals surface area contributed by atoms with Gasteiger partial charge in [0.05, 0.1) is 18.9 Å². The molecule has 11 heteroatoms. The highest BCUT2D eigenvalue weighted by Crippen LogP contribution is 2.31. The van der Waals surface area contributed by atoms with Crippen LogP contribution in [-0.4, -0.2) is 40.8 Å². The smallest absolute Gasteiger partial charge is 0.280 e. The highest BCUT2D eigenvalue weighted by Gasteiger charge is 2.25. The predicted octanol–water partition coefficient (Wildman–Crippen LogP) is 1.88. The summed E-state index contributed by atoms with van der Waals surface area (Å²) in [6.07, 6.45) is 0. The highest BCUT2D eigenvalue weighted by atomic mass is 32.1. The van der Waals surface area contributed by atoms with Gasteiger partial charge < -0.3 is 15.7 Å². The molecule has 3 aromatic rings. The number of hydroxylamine groups is 1. The highest BCUT2D eigenvalue weighted by molar-refractivity contribution is 7.22. The zero-order valence-electron chi connectivity index (χ0n) is 16.0. The molecule has 0 radical (unpaired) electrons. The van der Waals surface area contributed by atoms with E-state index in [1.54, 1.807) is 20.0 Å². The van der Waals surface area contributed by atoms with Crippen molar-refractivity contribution in [3.63, 3.8) is 0 Å². The second kappa shape index (κ2) is 8.55. The van der Waals surface area contributed by atoms with E-state index in [4.69, 9.17) is 9.94 Å². The number of pyridine rings is 1. The average Bonchev–Trinajstić information content (AvgIpc) is 3.12. The summed E-state index contributed by atoms with van der Waals surface area (Å²) in [4.78, 5) is 34.9. The number of carbonyl (C=O) groups is 1. The number of anilines is 3. The van der Waals surface area contributed by atoms with E-state index < -0.39 is 11.7 Å². The molecule has 3 rings (SSSR count). The number of carbonyl (C=O) groups excluding carboxylic acids is 1. The monoisotopic (exact) mass is 421 g/mol. The number of hydrogen-bond acceptors (Lipinski definition) is 8. The number of halogens is 1. The third-order valence-electron chi connectivity index (χ3n) is 4.11. The van der Waals surface area contributed by atoms with Gasteiger partial charge in [-0.05, 0) is 24.6 Å². The fourth-order valence-corrected chi connectivity index (χ4v) is 3.60. The van der Waals surface area contributed by atoms with Crippen molar-refractivity contribution < 1.29 is 19.1 Å². The van der Waals surface area contributed by atoms with Gasteiger partial charge in [0.1, 0.15) is 27.4 Å². The number of nitrogens with zero attached hydrogens (tertiary/aromatic N) is 2. The van der Waals surface area contributed by atoms with Crippen LogP contribution in [0.2, 0.25) is 0 Å². The fourth-order valence-electron chi connectivity index (χ4n) is 2.70. The summed E-state index contributed by atoms with van der Waals surface area (Å²) in [6, 6.07) is 4.56. The van der Waals surface area contributed by atoms with Crippen molar-refractivity contribution in [2.45, 2.75) is 6.92 Å². The van der Waals surface area contributed by atoms with Crippen LogP contribution in [0.4, 0.5) is 21.0 Å². The lowest BCUT2D eigenvalue weighted by Gasteiger charge is -2.17. The first-order valence-corrected chi connectivity index (χ1v) is 9.46. The van der Waals surface area contributed by atoms with Gasteiger partial charge >= 0.3 is 0 Å². The van der Waals surface area contributed by atoms with Crippen molar-refractivity contribution >= 4 is 44.1 Å². The van der Waals surface area contributed by atoms with E-state index in [9.17, 15) is 14.0 Å². The lowest BCUT2D eigenvalue weighted by molar-refractivity contribution is 0.0169. The Kier molecular flexibility index (Phi) is 6.11. The molecule has 0 aliphatic heterocycles. The Morgan fingerprint density at radius 3 is 2.83 bits per heavy atom. The van der Waals surface area contributed by atoms with Crippen LogP contribution >= 0.6 is 11.3 Å². The second-order valence-corrected chi connectivity index (χ2v) is 7.15. The molecule has 9 nitrogen and oxygen atoms in total. The fraction of sp³-hybridized carbons (Fsp3) is 0.278. The molecule has 0 fully saturated rings. The number of aromatic nitrogens is 2. The van der Waals surface area contributed by atoms with Crippen molar-refractivity contribution in [3.05, 3.63) is 45.5 Å². The molecule has 154 valence electrons. The van der Waals surface area contributed by atoms with Gasteiger partial charge in [0, 0.05) is 14.1 Å². The normalized spacial score (nSPS) is 10.9. The van der Waals surface area contributed by atoms with Crippen molar-refractivity contribution in [2.75, 3.05) is 30.9 Å². The van der Waals surface area contributed by atoms with Gasteiger partial charge in [-0.25, -0.2) is 14.9 Å². The first kappa shape index (κ1) is 20.7. The van der Waals surface area contributed by atoms with E-state index in [0.717, 1.165) is 16.9 Å². The Labute approximate surface area is 169 Å². The molecule has 4 N–H and O–H groups in total. The van der Waals surface area contributed by atoms with Gasteiger partial charge in [0.2, 0.25) is 0 Å². The van der Waals surface area contributed by atoms with E-state index in [-0.39, 0.29) is 46.1 Å². The summed E-state index contributed by atoms with van der Waals surface area (Å²) in [6.45, 7) is 1.35. The molecular formula is C18H20FN5O4S. The summed E-state index contributed by atoms with van der Waals surface area (Å²) in [5.74, 6) is -1.17. The van der Waals surface area contributed by atoms with Crippen molar-refractivity contribution in [3.8, 4) is 0 Å². The summed E-state index contributed by atoms with van der Waals surface area (Å²) in [5, 5.41) is 15.0. The lowest BCUT2D eigenvalue weighted by atomic mass is 10.1. The molecule has 0 aliphatic carbocycles. The van der Waals surface area contributed by atoms with Crippen LogP contribution in [-0.2, 0) is 11.9 Å². The summed E-state index contributed by atoms with van der Waals surface area (Å²) >= 11 is 1.10. The van der Waals surface area contributed by atoms with Gasteiger partial charge in [-0.1, -0.05) is 17.4 Å². The maximum absolute atomic E-state index is 14.4. The molecule has 0 unspecified atom stereocenters.